The molecule has 2 rings (SSSR count). The Morgan fingerprint density at radius 3 is 2.09 bits per heavy atom. The molecule has 0 saturated carbocycles. The zero-order chi connectivity index (χ0) is 51.7. The lowest BCUT2D eigenvalue weighted by atomic mass is 9.95. The minimum absolute atomic E-state index is 0.0339. The maximum Gasteiger partial charge on any atom is 0.326 e. The molecule has 0 aromatic heterocycles. The van der Waals surface area contributed by atoms with Crippen molar-refractivity contribution in [3.8, 4) is 0 Å². The van der Waals surface area contributed by atoms with E-state index in [0.29, 0.717) is 56.5 Å². The molecular weight excluding hydrogens is 937 g/mol. The highest BCUT2D eigenvalue weighted by Crippen LogP contribution is 2.16. The highest BCUT2D eigenvalue weighted by molar-refractivity contribution is 7.92. The third-order valence-corrected chi connectivity index (χ3v) is 12.5. The molecule has 0 spiro atoms. The van der Waals surface area contributed by atoms with Crippen molar-refractivity contribution in [3.05, 3.63) is 29.8 Å². The average Bonchev–Trinajstić information content (AvgIpc) is 3.82. The van der Waals surface area contributed by atoms with E-state index in [2.05, 4.69) is 43.6 Å². The van der Waals surface area contributed by atoms with Crippen LogP contribution in [0.5, 0.6) is 0 Å². The molecular formula is C46H70N8O15S. The lowest BCUT2D eigenvalue weighted by Crippen LogP contribution is -2.45. The number of carbonyl (C=O) groups is 9. The van der Waals surface area contributed by atoms with Crippen LogP contribution in [0.25, 0.3) is 0 Å². The summed E-state index contributed by atoms with van der Waals surface area (Å²) in [6.45, 7) is 3.63. The van der Waals surface area contributed by atoms with Gasteiger partial charge in [0, 0.05) is 69.5 Å². The number of ketones is 3. The molecule has 1 aliphatic heterocycles. The number of aliphatic carboxylic acids is 2. The van der Waals surface area contributed by atoms with Crippen LogP contribution in [0.15, 0.2) is 39.7 Å². The highest BCUT2D eigenvalue weighted by Gasteiger charge is 2.26. The Bertz CT molecular complexity index is 2060. The molecule has 1 heterocycles. The first-order valence-corrected chi connectivity index (χ1v) is 25.5. The summed E-state index contributed by atoms with van der Waals surface area (Å²) in [6, 6.07) is 4.84. The van der Waals surface area contributed by atoms with Crippen LogP contribution >= 0.6 is 0 Å². The third kappa shape index (κ3) is 27.9. The molecule has 0 fully saturated rings. The van der Waals surface area contributed by atoms with Gasteiger partial charge in [-0.05, 0) is 93.7 Å². The lowest BCUT2D eigenvalue weighted by molar-refractivity contribution is -0.145. The summed E-state index contributed by atoms with van der Waals surface area (Å²) in [5.41, 5.74) is 7.64. The molecule has 390 valence electrons. The van der Waals surface area contributed by atoms with Crippen LogP contribution in [-0.4, -0.2) is 147 Å². The van der Waals surface area contributed by atoms with Gasteiger partial charge in [0.25, 0.3) is 5.91 Å². The first-order valence-electron chi connectivity index (χ1n) is 23.7. The van der Waals surface area contributed by atoms with Gasteiger partial charge >= 0.3 is 11.9 Å². The summed E-state index contributed by atoms with van der Waals surface area (Å²) in [6.07, 6.45) is 2.76. The summed E-state index contributed by atoms with van der Waals surface area (Å²) in [5, 5.41) is 41.1. The number of sulfone groups is 1. The van der Waals surface area contributed by atoms with Gasteiger partial charge in [0.2, 0.25) is 17.7 Å². The number of Topliss-reactive ketones (excluding diaryl/α,β-unsaturated/α-hetero) is 3. The minimum Gasteiger partial charge on any atom is -0.481 e. The number of carboxylic acids is 2. The number of amides is 4. The molecule has 0 bridgehead atoms. The van der Waals surface area contributed by atoms with E-state index in [1.807, 2.05) is 12.1 Å². The number of carbonyl (C=O) groups excluding carboxylic acids is 7. The van der Waals surface area contributed by atoms with Gasteiger partial charge in [0.1, 0.15) is 48.3 Å². The fourth-order valence-corrected chi connectivity index (χ4v) is 8.25. The van der Waals surface area contributed by atoms with E-state index in [0.717, 1.165) is 25.1 Å². The molecule has 0 saturated heterocycles. The molecule has 4 amide bonds. The molecule has 8 N–H and O–H groups in total. The van der Waals surface area contributed by atoms with E-state index >= 15 is 0 Å². The number of benzene rings is 1. The number of nitrogens with zero attached hydrogens (tertiary/aromatic N) is 3. The normalized spacial score (nSPS) is 13.4. The van der Waals surface area contributed by atoms with Crippen LogP contribution in [-0.2, 0) is 57.7 Å². The first kappa shape index (κ1) is 60.1. The smallest absolute Gasteiger partial charge is 0.326 e. The second kappa shape index (κ2) is 34.3. The Kier molecular flexibility index (Phi) is 29.5. The number of nitrogens with one attached hydrogen (secondary N) is 4. The quantitative estimate of drug-likeness (QED) is 0.0463. The van der Waals surface area contributed by atoms with Crippen molar-refractivity contribution in [2.45, 2.75) is 128 Å². The molecule has 0 radical (unpaired) electrons. The largest absolute Gasteiger partial charge is 0.481 e. The number of carboxylic acid groups (broad SMARTS) is 2. The predicted octanol–water partition coefficient (Wildman–Crippen LogP) is 2.70. The van der Waals surface area contributed by atoms with Crippen molar-refractivity contribution >= 4 is 74.2 Å². The number of hydrogen-bond acceptors (Lipinski definition) is 17. The number of rotatable bonds is 42. The SMILES string of the molecule is CCCCNc1ccc(C(=O)NCCCC[C@H](NC(=O)COCCOCCCC(=O)CCC(NC(=O)CC[C@H](CC(=O)CCCS(=O)(=O)CC(=O)CCCC2=NN=NC2)C(=O)O)C(=O)O)C(N)=O)cc1. The summed E-state index contributed by atoms with van der Waals surface area (Å²) in [5.74, 6) is -8.73. The topological polar surface area (TPSA) is 358 Å². The van der Waals surface area contributed by atoms with Gasteiger partial charge in [-0.1, -0.05) is 13.3 Å². The van der Waals surface area contributed by atoms with E-state index in [-0.39, 0.29) is 89.5 Å². The van der Waals surface area contributed by atoms with Crippen LogP contribution in [0.1, 0.15) is 126 Å². The monoisotopic (exact) mass is 1010 g/mol. The van der Waals surface area contributed by atoms with Crippen LogP contribution < -0.4 is 27.0 Å². The summed E-state index contributed by atoms with van der Waals surface area (Å²) in [4.78, 5) is 110. The predicted molar refractivity (Wildman–Crippen MR) is 256 cm³/mol. The zero-order valence-corrected chi connectivity index (χ0v) is 40.8. The van der Waals surface area contributed by atoms with Crippen molar-refractivity contribution in [1.29, 1.82) is 0 Å². The Morgan fingerprint density at radius 2 is 1.41 bits per heavy atom. The number of ether oxygens (including phenoxy) is 2. The molecule has 70 heavy (non-hydrogen) atoms. The van der Waals surface area contributed by atoms with Crippen molar-refractivity contribution in [3.63, 3.8) is 0 Å². The molecule has 1 aromatic rings. The lowest BCUT2D eigenvalue weighted by Gasteiger charge is -2.16. The zero-order valence-electron chi connectivity index (χ0n) is 40.0. The Balaban J connectivity index is 1.55. The minimum atomic E-state index is -3.79. The van der Waals surface area contributed by atoms with Crippen LogP contribution in [0.2, 0.25) is 0 Å². The maximum atomic E-state index is 12.6. The number of unbranched alkanes of at least 4 members (excludes halogenated alkanes) is 2. The number of nitrogens with two attached hydrogens (primary N) is 1. The molecule has 1 aliphatic rings. The van der Waals surface area contributed by atoms with Gasteiger partial charge in [-0.3, -0.25) is 38.4 Å². The number of anilines is 1. The van der Waals surface area contributed by atoms with Gasteiger partial charge in [0.15, 0.2) is 9.84 Å². The molecule has 23 nitrogen and oxygen atoms in total. The Labute approximate surface area is 408 Å². The van der Waals surface area contributed by atoms with E-state index in [9.17, 15) is 61.8 Å². The highest BCUT2D eigenvalue weighted by atomic mass is 32.2. The van der Waals surface area contributed by atoms with E-state index in [4.69, 9.17) is 15.2 Å². The number of primary amides is 1. The van der Waals surface area contributed by atoms with Crippen molar-refractivity contribution in [1.82, 2.24) is 16.0 Å². The van der Waals surface area contributed by atoms with E-state index < -0.39 is 93.4 Å². The first-order chi connectivity index (χ1) is 33.4. The van der Waals surface area contributed by atoms with Gasteiger partial charge in [-0.25, -0.2) is 13.2 Å². The third-order valence-electron chi connectivity index (χ3n) is 10.8. The molecule has 3 atom stereocenters. The Morgan fingerprint density at radius 1 is 0.714 bits per heavy atom. The van der Waals surface area contributed by atoms with Crippen molar-refractivity contribution in [2.24, 2.45) is 27.1 Å². The van der Waals surface area contributed by atoms with Gasteiger partial charge in [-0.2, -0.15) is 5.11 Å². The molecule has 1 aromatic carbocycles. The summed E-state index contributed by atoms with van der Waals surface area (Å²) in [7, 11) is -3.79. The second-order valence-electron chi connectivity index (χ2n) is 16.9. The van der Waals surface area contributed by atoms with Crippen LogP contribution in [0.4, 0.5) is 5.69 Å². The van der Waals surface area contributed by atoms with Gasteiger partial charge < -0.3 is 46.7 Å². The van der Waals surface area contributed by atoms with Crippen molar-refractivity contribution in [2.75, 3.05) is 62.9 Å². The summed E-state index contributed by atoms with van der Waals surface area (Å²) >= 11 is 0. The summed E-state index contributed by atoms with van der Waals surface area (Å²) < 4.78 is 35.5. The van der Waals surface area contributed by atoms with Gasteiger partial charge in [0.05, 0.1) is 30.6 Å². The maximum absolute atomic E-state index is 12.6. The molecule has 24 heteroatoms. The fourth-order valence-electron chi connectivity index (χ4n) is 6.89. The second-order valence-corrected chi connectivity index (χ2v) is 19.1. The molecule has 0 aliphatic carbocycles. The van der Waals surface area contributed by atoms with Crippen molar-refractivity contribution < 1.29 is 71.3 Å². The average molecular weight is 1010 g/mol. The van der Waals surface area contributed by atoms with Crippen LogP contribution in [0.3, 0.4) is 0 Å². The van der Waals surface area contributed by atoms with E-state index in [1.54, 1.807) is 12.1 Å². The standard InChI is InChI=1S/C46H70N8O15S/c1-2-3-22-48-34-17-14-32(15-18-34)44(61)49-23-5-4-13-39(43(47)60)51-42(59)30-69-26-25-68-24-7-11-36(55)19-20-40(46(64)65)52-41(58)21-16-33(45(62)63)28-37(56)12-8-27-70(66,67)31-38(57)10-6-9-35-29-50-54-53-35/h14-15,17-18,33,39-40,48H,2-13,16,19-31H2,1H3,(H2,47,60)(H,49,61)(H,51,59)(H,52,58)(H,62,63)(H,64,65)/t33-,39+,40?/m1/s1. The van der Waals surface area contributed by atoms with E-state index in [1.165, 1.54) is 0 Å². The molecule has 1 unspecified atom stereocenters. The van der Waals surface area contributed by atoms with Gasteiger partial charge in [-0.15, -0.1) is 5.10 Å². The Hall–Kier alpha value is -6.01. The fraction of sp³-hybridized carbons (Fsp3) is 0.652. The van der Waals surface area contributed by atoms with Crippen LogP contribution in [0, 0.1) is 5.92 Å². The number of hydrogen-bond donors (Lipinski definition) is 7.